The van der Waals surface area contributed by atoms with Gasteiger partial charge in [-0.1, -0.05) is 0 Å². The Bertz CT molecular complexity index is 59.9. The first-order valence-electron chi connectivity index (χ1n) is 7.00. The molecule has 0 spiro atoms. The summed E-state index contributed by atoms with van der Waals surface area (Å²) < 4.78 is 14.5. The van der Waals surface area contributed by atoms with Gasteiger partial charge in [0.25, 0.3) is 0 Å². The molecule has 0 bridgehead atoms. The Hall–Kier alpha value is -0.160. The molecule has 0 atom stereocenters. The third kappa shape index (κ3) is 102. The van der Waals surface area contributed by atoms with Crippen LogP contribution in [0, 0.1) is 0 Å². The second kappa shape index (κ2) is 43.6. The highest BCUT2D eigenvalue weighted by Gasteiger charge is 1.64. The number of hydrogen-bond donors (Lipinski definition) is 1. The number of rotatable bonds is 6. The molecule has 0 aromatic heterocycles. The van der Waals surface area contributed by atoms with Gasteiger partial charge in [0.1, 0.15) is 0 Å². The Balaban J connectivity index is -0.0000000739. The van der Waals surface area contributed by atoms with Crippen LogP contribution in [0.5, 0.6) is 0 Å². The van der Waals surface area contributed by atoms with Gasteiger partial charge in [-0.25, -0.2) is 0 Å². The van der Waals surface area contributed by atoms with Crippen LogP contribution in [0.3, 0.4) is 0 Å². The molecular weight excluding hydrogens is 232 g/mol. The molecule has 0 radical (unpaired) electrons. The van der Waals surface area contributed by atoms with Gasteiger partial charge in [0.15, 0.2) is 0 Å². The maximum Gasteiger partial charge on any atom is 0.0437 e. The van der Waals surface area contributed by atoms with Crippen LogP contribution in [-0.2, 0) is 14.2 Å². The van der Waals surface area contributed by atoms with E-state index in [4.69, 9.17) is 19.3 Å². The van der Waals surface area contributed by atoms with Crippen LogP contribution in [-0.4, -0.2) is 51.4 Å². The lowest BCUT2D eigenvalue weighted by atomic mass is 10.8. The summed E-state index contributed by atoms with van der Waals surface area (Å²) in [5.41, 5.74) is 0. The van der Waals surface area contributed by atoms with Crippen molar-refractivity contribution in [1.29, 1.82) is 0 Å². The first-order valence-corrected chi connectivity index (χ1v) is 7.00. The number of aliphatic hydroxyl groups excluding tert-OH is 1. The molecule has 4 heteroatoms. The van der Waals surface area contributed by atoms with Crippen LogP contribution < -0.4 is 0 Å². The van der Waals surface area contributed by atoms with Gasteiger partial charge in [0.05, 0.1) is 0 Å². The molecule has 18 heavy (non-hydrogen) atoms. The van der Waals surface area contributed by atoms with Gasteiger partial charge in [-0.15, -0.1) is 0 Å². The summed E-state index contributed by atoms with van der Waals surface area (Å²) in [7, 11) is 0. The Kier molecular flexibility index (Phi) is 64.0. The van der Waals surface area contributed by atoms with Gasteiger partial charge >= 0.3 is 0 Å². The second-order valence-corrected chi connectivity index (χ2v) is 2.66. The largest absolute Gasteiger partial charge is 0.397 e. The molecule has 4 nitrogen and oxygen atoms in total. The maximum absolute atomic E-state index is 7.57. The molecule has 0 aliphatic heterocycles. The molecule has 0 unspecified atom stereocenters. The highest BCUT2D eigenvalue weighted by molar-refractivity contribution is 4.08. The van der Waals surface area contributed by atoms with Crippen molar-refractivity contribution in [3.05, 3.63) is 0 Å². The molecule has 1 N–H and O–H groups in total. The fourth-order valence-electron chi connectivity index (χ4n) is 0.612. The highest BCUT2D eigenvalue weighted by Crippen LogP contribution is 1.65. The van der Waals surface area contributed by atoms with E-state index in [1.165, 1.54) is 0 Å². The van der Waals surface area contributed by atoms with Crippen molar-refractivity contribution in [2.24, 2.45) is 0 Å². The fraction of sp³-hybridized carbons (Fsp3) is 1.00. The summed E-state index contributed by atoms with van der Waals surface area (Å²) in [5, 5.41) is 7.57. The average molecular weight is 268 g/mol. The summed E-state index contributed by atoms with van der Waals surface area (Å²) >= 11 is 0. The Morgan fingerprint density at radius 3 is 0.611 bits per heavy atom. The molecule has 0 saturated heterocycles. The van der Waals surface area contributed by atoms with E-state index in [0.29, 0.717) is 0 Å². The van der Waals surface area contributed by atoms with E-state index in [9.17, 15) is 0 Å². The molecule has 0 amide bonds. The minimum Gasteiger partial charge on any atom is -0.397 e. The van der Waals surface area contributed by atoms with E-state index in [2.05, 4.69) is 0 Å². The SMILES string of the molecule is CCO.CCOCC.CCOCC.CCOCC. The van der Waals surface area contributed by atoms with Crippen molar-refractivity contribution in [2.75, 3.05) is 46.2 Å². The summed E-state index contributed by atoms with van der Waals surface area (Å²) in [6, 6.07) is 0. The smallest absolute Gasteiger partial charge is 0.0437 e. The Morgan fingerprint density at radius 2 is 0.611 bits per heavy atom. The van der Waals surface area contributed by atoms with Gasteiger partial charge in [0, 0.05) is 46.2 Å². The van der Waals surface area contributed by atoms with E-state index >= 15 is 0 Å². The van der Waals surface area contributed by atoms with Crippen molar-refractivity contribution >= 4 is 0 Å². The fourth-order valence-corrected chi connectivity index (χ4v) is 0.612. The predicted octanol–water partition coefficient (Wildman–Crippen LogP) is 3.13. The molecule has 0 aliphatic carbocycles. The van der Waals surface area contributed by atoms with Crippen LogP contribution >= 0.6 is 0 Å². The third-order valence-electron chi connectivity index (χ3n) is 1.22. The Labute approximate surface area is 115 Å². The van der Waals surface area contributed by atoms with Crippen LogP contribution in [0.1, 0.15) is 48.5 Å². The van der Waals surface area contributed by atoms with Crippen LogP contribution in [0.4, 0.5) is 0 Å². The normalized spacial score (nSPS) is 8.00. The van der Waals surface area contributed by atoms with Gasteiger partial charge in [0.2, 0.25) is 0 Å². The van der Waals surface area contributed by atoms with Crippen LogP contribution in [0.25, 0.3) is 0 Å². The van der Waals surface area contributed by atoms with E-state index in [-0.39, 0.29) is 6.61 Å². The third-order valence-corrected chi connectivity index (χ3v) is 1.22. The summed E-state index contributed by atoms with van der Waals surface area (Å²) in [6.07, 6.45) is 0. The summed E-state index contributed by atoms with van der Waals surface area (Å²) in [5.74, 6) is 0. The standard InChI is InChI=1S/3C4H10O.C2H6O/c3*1-3-5-4-2;1-2-3/h3*3-4H2,1-2H3;3H,2H2,1H3. The predicted molar refractivity (Wildman–Crippen MR) is 79.3 cm³/mol. The summed E-state index contributed by atoms with van der Waals surface area (Å²) in [6.45, 7) is 18.9. The first-order chi connectivity index (χ1) is 8.66. The van der Waals surface area contributed by atoms with Gasteiger partial charge < -0.3 is 19.3 Å². The molecule has 0 fully saturated rings. The zero-order chi connectivity index (χ0) is 15.1. The van der Waals surface area contributed by atoms with Crippen molar-refractivity contribution in [3.63, 3.8) is 0 Å². The molecule has 0 aromatic rings. The zero-order valence-corrected chi connectivity index (χ0v) is 13.6. The van der Waals surface area contributed by atoms with Crippen molar-refractivity contribution in [3.8, 4) is 0 Å². The van der Waals surface area contributed by atoms with Crippen LogP contribution in [0.2, 0.25) is 0 Å². The quantitative estimate of drug-likeness (QED) is 0.804. The lowest BCUT2D eigenvalue weighted by Gasteiger charge is -1.86. The van der Waals surface area contributed by atoms with Crippen LogP contribution in [0.15, 0.2) is 0 Å². The topological polar surface area (TPSA) is 47.9 Å². The maximum atomic E-state index is 7.57. The lowest BCUT2D eigenvalue weighted by Crippen LogP contribution is -1.84. The average Bonchev–Trinajstić information content (AvgIpc) is 2.35. The van der Waals surface area contributed by atoms with E-state index in [0.717, 1.165) is 39.6 Å². The molecule has 116 valence electrons. The monoisotopic (exact) mass is 268 g/mol. The molecule has 0 saturated carbocycles. The van der Waals surface area contributed by atoms with Gasteiger partial charge in [-0.05, 0) is 48.5 Å². The van der Waals surface area contributed by atoms with Crippen molar-refractivity contribution in [1.82, 2.24) is 0 Å². The summed E-state index contributed by atoms with van der Waals surface area (Å²) in [4.78, 5) is 0. The molecule has 0 rings (SSSR count). The highest BCUT2D eigenvalue weighted by atomic mass is 16.5. The minimum atomic E-state index is 0.250. The van der Waals surface area contributed by atoms with E-state index < -0.39 is 0 Å². The second-order valence-electron chi connectivity index (χ2n) is 2.66. The molecule has 0 aliphatic rings. The molecular formula is C14H36O4. The Morgan fingerprint density at radius 1 is 0.500 bits per heavy atom. The number of hydrogen-bond acceptors (Lipinski definition) is 4. The van der Waals surface area contributed by atoms with E-state index in [1.54, 1.807) is 6.92 Å². The van der Waals surface area contributed by atoms with E-state index in [1.807, 2.05) is 41.5 Å². The number of aliphatic hydroxyl groups is 1. The number of ether oxygens (including phenoxy) is 3. The van der Waals surface area contributed by atoms with Crippen molar-refractivity contribution < 1.29 is 19.3 Å². The molecule has 0 aromatic carbocycles. The zero-order valence-electron chi connectivity index (χ0n) is 13.6. The molecule has 0 heterocycles. The van der Waals surface area contributed by atoms with Crippen molar-refractivity contribution in [2.45, 2.75) is 48.5 Å². The first kappa shape index (κ1) is 26.4. The lowest BCUT2D eigenvalue weighted by molar-refractivity contribution is 0.162. The minimum absolute atomic E-state index is 0.250. The van der Waals surface area contributed by atoms with Gasteiger partial charge in [-0.3, -0.25) is 0 Å². The van der Waals surface area contributed by atoms with Gasteiger partial charge in [-0.2, -0.15) is 0 Å².